The number of aliphatic carboxylic acids is 4. The molecule has 0 unspecified atom stereocenters. The molecule has 0 aliphatic rings. The summed E-state index contributed by atoms with van der Waals surface area (Å²) >= 11 is 0. The predicted molar refractivity (Wildman–Crippen MR) is 74.3 cm³/mol. The summed E-state index contributed by atoms with van der Waals surface area (Å²) in [5.41, 5.74) is 0. The number of rotatable bonds is 11. The van der Waals surface area contributed by atoms with Crippen molar-refractivity contribution >= 4 is 23.9 Å². The first-order chi connectivity index (χ1) is 9.20. The van der Waals surface area contributed by atoms with E-state index in [0.29, 0.717) is 0 Å². The van der Waals surface area contributed by atoms with Gasteiger partial charge in [-0.15, -0.1) is 0 Å². The van der Waals surface area contributed by atoms with E-state index in [1.807, 2.05) is 0 Å². The molecule has 0 aromatic carbocycles. The van der Waals surface area contributed by atoms with Gasteiger partial charge in [0.1, 0.15) is 0 Å². The van der Waals surface area contributed by atoms with E-state index in [1.54, 1.807) is 0 Å². The van der Waals surface area contributed by atoms with Crippen molar-refractivity contribution in [3.05, 3.63) is 0 Å². The van der Waals surface area contributed by atoms with E-state index < -0.39 is 50.1 Å². The van der Waals surface area contributed by atoms with Crippen LogP contribution in [0, 0.1) is 0 Å². The molecule has 0 bridgehead atoms. The fourth-order valence-corrected chi connectivity index (χ4v) is 1.48. The van der Waals surface area contributed by atoms with Gasteiger partial charge in [-0.3, -0.25) is 29.0 Å². The van der Waals surface area contributed by atoms with Crippen LogP contribution in [0.15, 0.2) is 0 Å². The first-order valence-electron chi connectivity index (χ1n) is 5.52. The van der Waals surface area contributed by atoms with E-state index >= 15 is 0 Å². The molecule has 0 fully saturated rings. The maximum absolute atomic E-state index is 10.6. The third-order valence-corrected chi connectivity index (χ3v) is 2.17. The van der Waals surface area contributed by atoms with E-state index in [1.165, 1.54) is 0 Å². The number of carboxylic acid groups (broad SMARTS) is 4. The zero-order valence-corrected chi connectivity index (χ0v) is 24.1. The van der Waals surface area contributed by atoms with Gasteiger partial charge in [0.2, 0.25) is 0 Å². The maximum atomic E-state index is 10.6. The molecule has 0 spiro atoms. The molecule has 0 radical (unpaired) electrons. The second-order valence-corrected chi connectivity index (χ2v) is 4.00. The second-order valence-electron chi connectivity index (χ2n) is 4.00. The van der Waals surface area contributed by atoms with Gasteiger partial charge < -0.3 is 36.9 Å². The van der Waals surface area contributed by atoms with Gasteiger partial charge in [-0.2, -0.15) is 0 Å². The topological polar surface area (TPSA) is 250 Å². The van der Waals surface area contributed by atoms with Crippen molar-refractivity contribution in [2.45, 2.75) is 0 Å². The molecule has 0 heterocycles. The smallest absolute Gasteiger partial charge is 0.480 e. The minimum Gasteiger partial charge on any atom is -0.480 e. The van der Waals surface area contributed by atoms with E-state index in [9.17, 15) is 19.2 Å². The minimum absolute atomic E-state index is 0. The zero-order valence-electron chi connectivity index (χ0n) is 16.1. The molecule has 0 aromatic rings. The summed E-state index contributed by atoms with van der Waals surface area (Å²) in [4.78, 5) is 44.4. The normalized spacial score (nSPS) is 7.93. The summed E-state index contributed by atoms with van der Waals surface area (Å²) in [6.45, 7) is -2.25. The van der Waals surface area contributed by atoms with Crippen molar-refractivity contribution in [2.24, 2.45) is 0 Å². The number of carbonyl (C=O) groups is 4. The van der Waals surface area contributed by atoms with E-state index in [-0.39, 0.29) is 148 Å². The van der Waals surface area contributed by atoms with Crippen LogP contribution in [0.3, 0.4) is 0 Å². The molecule has 0 aliphatic heterocycles. The quantitative estimate of drug-likeness (QED) is 0.222. The van der Waals surface area contributed by atoms with Crippen LogP contribution in [0.1, 0.15) is 0 Å². The maximum Gasteiger partial charge on any atom is 1.00 e. The van der Waals surface area contributed by atoms with Crippen molar-refractivity contribution < 1.29 is 174 Å². The largest absolute Gasteiger partial charge is 1.00 e. The first kappa shape index (κ1) is 51.4. The van der Waals surface area contributed by atoms with Gasteiger partial charge in [0, 0.05) is 13.1 Å². The van der Waals surface area contributed by atoms with Crippen LogP contribution >= 0.6 is 0 Å². The average molecular weight is 438 g/mol. The summed E-state index contributed by atoms with van der Waals surface area (Å²) in [7, 11) is 0. The van der Waals surface area contributed by atoms with Gasteiger partial charge in [-0.1, -0.05) is 0 Å². The molecule has 10 N–H and O–H groups in total. The van der Waals surface area contributed by atoms with E-state index in [0.717, 1.165) is 9.80 Å². The van der Waals surface area contributed by atoms with Crippen molar-refractivity contribution in [2.75, 3.05) is 39.3 Å². The van der Waals surface area contributed by atoms with Crippen LogP contribution in [0.4, 0.5) is 0 Å². The molecule has 13 nitrogen and oxygen atoms in total. The first-order valence-corrected chi connectivity index (χ1v) is 5.52. The van der Waals surface area contributed by atoms with Crippen molar-refractivity contribution in [3.8, 4) is 0 Å². The molecule has 0 saturated carbocycles. The van der Waals surface area contributed by atoms with Gasteiger partial charge in [-0.05, 0) is 0 Å². The Bertz CT molecular complexity index is 335. The third kappa shape index (κ3) is 35.5. The van der Waals surface area contributed by atoms with Crippen LogP contribution in [-0.2, 0) is 19.2 Å². The van der Waals surface area contributed by atoms with Crippen LogP contribution in [0.25, 0.3) is 0 Å². The Hall–Kier alpha value is 1.68. The SMILES string of the molecule is O.O.O.O=C(O)CN(CCN(CC(=O)O)CC(=O)O)CC(=O)O.[Na+].[Na+].[Na+].[Na+]. The minimum atomic E-state index is -1.23. The molecule has 0 amide bonds. The Morgan fingerprint density at radius 3 is 0.741 bits per heavy atom. The molecular formula is C10H22N2Na4O11+4. The van der Waals surface area contributed by atoms with Crippen LogP contribution in [0.2, 0.25) is 0 Å². The van der Waals surface area contributed by atoms with Gasteiger partial charge in [-0.25, -0.2) is 0 Å². The monoisotopic (exact) mass is 438 g/mol. The summed E-state index contributed by atoms with van der Waals surface area (Å²) in [5, 5.41) is 34.5. The van der Waals surface area contributed by atoms with Crippen molar-refractivity contribution in [3.63, 3.8) is 0 Å². The van der Waals surface area contributed by atoms with Gasteiger partial charge >= 0.3 is 142 Å². The number of hydrogen-bond donors (Lipinski definition) is 4. The Balaban J connectivity index is -0.0000000860. The summed E-state index contributed by atoms with van der Waals surface area (Å²) < 4.78 is 0. The van der Waals surface area contributed by atoms with Crippen LogP contribution < -0.4 is 118 Å². The average Bonchev–Trinajstić information content (AvgIpc) is 2.22. The Kier molecular flexibility index (Phi) is 56.9. The van der Waals surface area contributed by atoms with E-state index in [2.05, 4.69) is 0 Å². The number of carboxylic acids is 4. The molecule has 0 aliphatic carbocycles. The molecule has 0 rings (SSSR count). The fourth-order valence-electron chi connectivity index (χ4n) is 1.48. The fraction of sp³-hybridized carbons (Fsp3) is 0.600. The van der Waals surface area contributed by atoms with Crippen molar-refractivity contribution in [1.29, 1.82) is 0 Å². The molecule has 17 heteroatoms. The summed E-state index contributed by atoms with van der Waals surface area (Å²) in [5.74, 6) is -4.91. The van der Waals surface area contributed by atoms with Crippen molar-refractivity contribution in [1.82, 2.24) is 9.80 Å². The number of hydrogen-bond acceptors (Lipinski definition) is 6. The molecule has 27 heavy (non-hydrogen) atoms. The molecule has 138 valence electrons. The molecule has 0 aromatic heterocycles. The molecular weight excluding hydrogens is 416 g/mol. The van der Waals surface area contributed by atoms with Crippen LogP contribution in [0.5, 0.6) is 0 Å². The predicted octanol–water partition coefficient (Wildman–Crippen LogP) is -16.5. The molecule has 0 saturated heterocycles. The van der Waals surface area contributed by atoms with E-state index in [4.69, 9.17) is 20.4 Å². The summed E-state index contributed by atoms with van der Waals surface area (Å²) in [6, 6.07) is 0. The Morgan fingerprint density at radius 2 is 0.630 bits per heavy atom. The molecule has 0 atom stereocenters. The Morgan fingerprint density at radius 1 is 0.481 bits per heavy atom. The standard InChI is InChI=1S/C10H16N2O8.4Na.3H2O/c13-7(14)3-11(4-8(15)16)1-2-12(5-9(17)18)6-10(19)20;;;;;;;/h1-6H2,(H,13,14)(H,15,16)(H,17,18)(H,19,20);;;;;3*1H2/q;4*+1;;;. The van der Waals surface area contributed by atoms with Gasteiger partial charge in [0.05, 0.1) is 26.2 Å². The second kappa shape index (κ2) is 29.9. The van der Waals surface area contributed by atoms with Crippen LogP contribution in [-0.4, -0.2) is 110 Å². The third-order valence-electron chi connectivity index (χ3n) is 2.17. The zero-order chi connectivity index (χ0) is 15.7. The summed E-state index contributed by atoms with van der Waals surface area (Å²) in [6.07, 6.45) is 0. The number of nitrogens with zero attached hydrogens (tertiary/aromatic N) is 2. The van der Waals surface area contributed by atoms with Gasteiger partial charge in [0.25, 0.3) is 0 Å². The Labute approximate surface area is 243 Å². The van der Waals surface area contributed by atoms with Gasteiger partial charge in [0.15, 0.2) is 0 Å².